The van der Waals surface area contributed by atoms with Crippen LogP contribution in [0.1, 0.15) is 36.0 Å². The van der Waals surface area contributed by atoms with Gasteiger partial charge in [-0.2, -0.15) is 0 Å². The number of hydrogen-bond acceptors (Lipinski definition) is 4. The molecule has 0 aromatic heterocycles. The molecule has 2 amide bonds. The largest absolute Gasteiger partial charge is 0.388 e. The highest BCUT2D eigenvalue weighted by Crippen LogP contribution is 2.52. The minimum atomic E-state index is -1.08. The standard InChI is InChI=1S/C31H34N2O4/c34-28-26(18-22-10-4-1-5-11-22)32(20-23-12-6-2-7-13-23)30(36)33-25-16-17-31(33,29(28)35)19-27(25)37-21-24-14-8-3-9-15-24/h1-15,25-29,34-35H,16-21H2/t25-,26-,27-,28+,29+,31+/m1/s1. The van der Waals surface area contributed by atoms with Crippen molar-refractivity contribution in [1.29, 1.82) is 0 Å². The van der Waals surface area contributed by atoms with E-state index in [-0.39, 0.29) is 18.2 Å². The normalized spacial score (nSPS) is 30.9. The van der Waals surface area contributed by atoms with E-state index in [2.05, 4.69) is 0 Å². The Bertz CT molecular complexity index is 1210. The molecule has 2 bridgehead atoms. The maximum absolute atomic E-state index is 14.4. The zero-order valence-corrected chi connectivity index (χ0v) is 20.9. The van der Waals surface area contributed by atoms with Crippen LogP contribution in [0.4, 0.5) is 4.79 Å². The SMILES string of the molecule is O=C1N(Cc2ccccc2)[C@H](Cc2ccccc2)[C@H](O)[C@H](O)[C@]23CC[C@H]([C@H](OCc4ccccc4)C2)N13. The number of nitrogens with zero attached hydrogens (tertiary/aromatic N) is 2. The number of aliphatic hydroxyl groups excluding tert-OH is 2. The molecular formula is C31H34N2O4. The monoisotopic (exact) mass is 498 g/mol. The molecule has 3 aromatic carbocycles. The molecule has 6 nitrogen and oxygen atoms in total. The summed E-state index contributed by atoms with van der Waals surface area (Å²) in [6.45, 7) is 0.832. The summed E-state index contributed by atoms with van der Waals surface area (Å²) >= 11 is 0. The lowest BCUT2D eigenvalue weighted by Crippen LogP contribution is -2.55. The van der Waals surface area contributed by atoms with Crippen molar-refractivity contribution in [2.24, 2.45) is 0 Å². The zero-order chi connectivity index (χ0) is 25.4. The van der Waals surface area contributed by atoms with E-state index in [9.17, 15) is 15.0 Å². The number of carbonyl (C=O) groups is 1. The van der Waals surface area contributed by atoms with Gasteiger partial charge in [-0.15, -0.1) is 0 Å². The number of carbonyl (C=O) groups excluding carboxylic acids is 1. The molecule has 6 atom stereocenters. The molecule has 192 valence electrons. The maximum Gasteiger partial charge on any atom is 0.321 e. The van der Waals surface area contributed by atoms with Crippen molar-refractivity contribution in [2.75, 3.05) is 0 Å². The Hall–Kier alpha value is -3.19. The zero-order valence-electron chi connectivity index (χ0n) is 20.9. The molecule has 6 rings (SSSR count). The van der Waals surface area contributed by atoms with E-state index >= 15 is 0 Å². The van der Waals surface area contributed by atoms with Crippen LogP contribution in [-0.4, -0.2) is 62.0 Å². The van der Waals surface area contributed by atoms with Gasteiger partial charge in [0.2, 0.25) is 0 Å². The first-order chi connectivity index (χ1) is 18.1. The van der Waals surface area contributed by atoms with Gasteiger partial charge in [-0.25, -0.2) is 4.79 Å². The lowest BCUT2D eigenvalue weighted by Gasteiger charge is -2.38. The topological polar surface area (TPSA) is 73.2 Å². The minimum Gasteiger partial charge on any atom is -0.388 e. The van der Waals surface area contributed by atoms with Crippen molar-refractivity contribution in [3.63, 3.8) is 0 Å². The molecule has 0 saturated carbocycles. The van der Waals surface area contributed by atoms with Crippen LogP contribution in [-0.2, 0) is 24.3 Å². The first kappa shape index (κ1) is 24.2. The van der Waals surface area contributed by atoms with Crippen molar-refractivity contribution in [1.82, 2.24) is 9.80 Å². The van der Waals surface area contributed by atoms with Gasteiger partial charge in [-0.1, -0.05) is 91.0 Å². The first-order valence-electron chi connectivity index (χ1n) is 13.3. The molecule has 3 heterocycles. The third-order valence-electron chi connectivity index (χ3n) is 8.58. The Morgan fingerprint density at radius 1 is 0.838 bits per heavy atom. The molecule has 6 heteroatoms. The van der Waals surface area contributed by atoms with E-state index in [0.717, 1.165) is 23.1 Å². The Morgan fingerprint density at radius 3 is 2.08 bits per heavy atom. The molecular weight excluding hydrogens is 464 g/mol. The fourth-order valence-corrected chi connectivity index (χ4v) is 6.75. The summed E-state index contributed by atoms with van der Waals surface area (Å²) in [5.74, 6) is 0. The lowest BCUT2D eigenvalue weighted by molar-refractivity contribution is -0.0728. The van der Waals surface area contributed by atoms with Crippen LogP contribution < -0.4 is 0 Å². The van der Waals surface area contributed by atoms with Crippen LogP contribution in [0.2, 0.25) is 0 Å². The first-order valence-corrected chi connectivity index (χ1v) is 13.3. The fraction of sp³-hybridized carbons (Fsp3) is 0.387. The van der Waals surface area contributed by atoms with Crippen LogP contribution in [0.5, 0.6) is 0 Å². The van der Waals surface area contributed by atoms with Gasteiger partial charge in [0.25, 0.3) is 0 Å². The van der Waals surface area contributed by atoms with Gasteiger partial charge in [-0.05, 0) is 36.0 Å². The Kier molecular flexibility index (Phi) is 6.49. The number of hydrogen-bond donors (Lipinski definition) is 2. The average molecular weight is 499 g/mol. The summed E-state index contributed by atoms with van der Waals surface area (Å²) in [4.78, 5) is 18.0. The fourth-order valence-electron chi connectivity index (χ4n) is 6.75. The second kappa shape index (κ2) is 9.93. The molecule has 2 N–H and O–H groups in total. The highest BCUT2D eigenvalue weighted by molar-refractivity contribution is 5.78. The maximum atomic E-state index is 14.4. The second-order valence-corrected chi connectivity index (χ2v) is 10.7. The average Bonchev–Trinajstić information content (AvgIpc) is 3.47. The van der Waals surface area contributed by atoms with E-state index in [1.807, 2.05) is 95.9 Å². The highest BCUT2D eigenvalue weighted by atomic mass is 16.5. The molecule has 3 fully saturated rings. The lowest BCUT2D eigenvalue weighted by atomic mass is 9.78. The van der Waals surface area contributed by atoms with Gasteiger partial charge in [-0.3, -0.25) is 0 Å². The van der Waals surface area contributed by atoms with Crippen molar-refractivity contribution < 1.29 is 19.7 Å². The van der Waals surface area contributed by atoms with E-state index in [0.29, 0.717) is 32.4 Å². The number of ether oxygens (including phenoxy) is 1. The van der Waals surface area contributed by atoms with Crippen molar-refractivity contribution in [3.8, 4) is 0 Å². The Labute approximate surface area is 218 Å². The van der Waals surface area contributed by atoms with Crippen molar-refractivity contribution in [3.05, 3.63) is 108 Å². The summed E-state index contributed by atoms with van der Waals surface area (Å²) in [6.07, 6.45) is 0.128. The van der Waals surface area contributed by atoms with Crippen molar-refractivity contribution >= 4 is 6.03 Å². The number of rotatable bonds is 7. The Balaban J connectivity index is 1.33. The van der Waals surface area contributed by atoms with Crippen LogP contribution in [0.15, 0.2) is 91.0 Å². The molecule has 0 spiro atoms. The molecule has 37 heavy (non-hydrogen) atoms. The van der Waals surface area contributed by atoms with Gasteiger partial charge >= 0.3 is 6.03 Å². The van der Waals surface area contributed by atoms with Gasteiger partial charge in [0.05, 0.1) is 30.3 Å². The highest BCUT2D eigenvalue weighted by Gasteiger charge is 2.66. The van der Waals surface area contributed by atoms with E-state index in [1.165, 1.54) is 0 Å². The van der Waals surface area contributed by atoms with Crippen LogP contribution >= 0.6 is 0 Å². The molecule has 3 aliphatic rings. The molecule has 0 unspecified atom stereocenters. The predicted molar refractivity (Wildman–Crippen MR) is 141 cm³/mol. The summed E-state index contributed by atoms with van der Waals surface area (Å²) in [5, 5.41) is 23.4. The van der Waals surface area contributed by atoms with Crippen LogP contribution in [0, 0.1) is 0 Å². The molecule has 3 aliphatic heterocycles. The molecule has 3 saturated heterocycles. The summed E-state index contributed by atoms with van der Waals surface area (Å²) in [7, 11) is 0. The van der Waals surface area contributed by atoms with Gasteiger partial charge in [0.1, 0.15) is 12.2 Å². The predicted octanol–water partition coefficient (Wildman–Crippen LogP) is 4.15. The smallest absolute Gasteiger partial charge is 0.321 e. The quantitative estimate of drug-likeness (QED) is 0.513. The summed E-state index contributed by atoms with van der Waals surface area (Å²) in [6, 6.07) is 29.0. The van der Waals surface area contributed by atoms with Crippen LogP contribution in [0.3, 0.4) is 0 Å². The van der Waals surface area contributed by atoms with E-state index in [4.69, 9.17) is 4.74 Å². The molecule has 0 radical (unpaired) electrons. The number of amides is 2. The third kappa shape index (κ3) is 4.33. The number of urea groups is 1. The number of aliphatic hydroxyl groups is 2. The van der Waals surface area contributed by atoms with E-state index in [1.54, 1.807) is 4.90 Å². The minimum absolute atomic E-state index is 0.117. The molecule has 3 aromatic rings. The Morgan fingerprint density at radius 2 is 1.43 bits per heavy atom. The van der Waals surface area contributed by atoms with Gasteiger partial charge in [0.15, 0.2) is 0 Å². The number of benzene rings is 3. The van der Waals surface area contributed by atoms with Gasteiger partial charge in [0, 0.05) is 13.0 Å². The van der Waals surface area contributed by atoms with Crippen LogP contribution in [0.25, 0.3) is 0 Å². The second-order valence-electron chi connectivity index (χ2n) is 10.7. The van der Waals surface area contributed by atoms with E-state index < -0.39 is 23.8 Å². The van der Waals surface area contributed by atoms with Crippen molar-refractivity contribution in [2.45, 2.75) is 74.8 Å². The molecule has 0 aliphatic carbocycles. The summed E-state index contributed by atoms with van der Waals surface area (Å²) < 4.78 is 6.35. The third-order valence-corrected chi connectivity index (χ3v) is 8.58. The summed E-state index contributed by atoms with van der Waals surface area (Å²) in [5.41, 5.74) is 2.29. The van der Waals surface area contributed by atoms with Gasteiger partial charge < -0.3 is 24.7 Å².